The Morgan fingerprint density at radius 3 is 2.00 bits per heavy atom. The zero-order valence-electron chi connectivity index (χ0n) is 16.0. The van der Waals surface area contributed by atoms with Gasteiger partial charge in [-0.25, -0.2) is 4.79 Å². The van der Waals surface area contributed by atoms with E-state index in [0.717, 1.165) is 11.3 Å². The minimum absolute atomic E-state index is 0.0699. The summed E-state index contributed by atoms with van der Waals surface area (Å²) in [7, 11) is 4.00. The van der Waals surface area contributed by atoms with Crippen molar-refractivity contribution in [2.24, 2.45) is 5.41 Å². The van der Waals surface area contributed by atoms with Crippen molar-refractivity contribution < 1.29 is 9.59 Å². The number of hydrogen-bond donors (Lipinski definition) is 1. The van der Waals surface area contributed by atoms with Crippen LogP contribution in [-0.4, -0.2) is 62.0 Å². The number of nitrogens with one attached hydrogen (secondary N) is 1. The van der Waals surface area contributed by atoms with E-state index in [1.54, 1.807) is 4.90 Å². The third-order valence-corrected chi connectivity index (χ3v) is 4.39. The summed E-state index contributed by atoms with van der Waals surface area (Å²) in [4.78, 5) is 30.3. The second-order valence-electron chi connectivity index (χ2n) is 7.75. The molecule has 1 fully saturated rings. The van der Waals surface area contributed by atoms with E-state index in [2.05, 4.69) is 5.32 Å². The first kappa shape index (κ1) is 19.1. The smallest absolute Gasteiger partial charge is 0.317 e. The molecule has 1 heterocycles. The fourth-order valence-electron chi connectivity index (χ4n) is 2.79. The molecule has 138 valence electrons. The van der Waals surface area contributed by atoms with Crippen molar-refractivity contribution in [2.75, 3.05) is 45.2 Å². The van der Waals surface area contributed by atoms with Crippen molar-refractivity contribution in [1.29, 1.82) is 0 Å². The summed E-state index contributed by atoms with van der Waals surface area (Å²) >= 11 is 0. The lowest BCUT2D eigenvalue weighted by Crippen LogP contribution is -2.54. The van der Waals surface area contributed by atoms with E-state index in [0.29, 0.717) is 32.7 Å². The molecule has 25 heavy (non-hydrogen) atoms. The Morgan fingerprint density at radius 1 is 1.00 bits per heavy atom. The Balaban J connectivity index is 1.80. The lowest BCUT2D eigenvalue weighted by Gasteiger charge is -2.37. The van der Waals surface area contributed by atoms with E-state index in [4.69, 9.17) is 0 Å². The van der Waals surface area contributed by atoms with Gasteiger partial charge >= 0.3 is 6.03 Å². The summed E-state index contributed by atoms with van der Waals surface area (Å²) in [6.07, 6.45) is 0. The van der Waals surface area contributed by atoms with Crippen LogP contribution in [0.15, 0.2) is 24.3 Å². The van der Waals surface area contributed by atoms with E-state index in [1.807, 2.05) is 68.9 Å². The second kappa shape index (κ2) is 7.76. The van der Waals surface area contributed by atoms with Crippen LogP contribution < -0.4 is 10.2 Å². The van der Waals surface area contributed by atoms with Gasteiger partial charge in [-0.3, -0.25) is 4.79 Å². The number of rotatable bonds is 3. The number of hydrogen-bond acceptors (Lipinski definition) is 3. The topological polar surface area (TPSA) is 55.9 Å². The number of carbonyl (C=O) groups is 2. The molecule has 0 saturated carbocycles. The van der Waals surface area contributed by atoms with Crippen molar-refractivity contribution in [2.45, 2.75) is 27.3 Å². The van der Waals surface area contributed by atoms with Crippen molar-refractivity contribution >= 4 is 17.6 Å². The van der Waals surface area contributed by atoms with Crippen LogP contribution in [0.4, 0.5) is 10.5 Å². The molecule has 0 spiro atoms. The monoisotopic (exact) mass is 346 g/mol. The molecule has 0 aliphatic carbocycles. The maximum Gasteiger partial charge on any atom is 0.317 e. The average molecular weight is 346 g/mol. The largest absolute Gasteiger partial charge is 0.378 e. The molecule has 0 radical (unpaired) electrons. The molecule has 0 bridgehead atoms. The first-order valence-corrected chi connectivity index (χ1v) is 8.77. The highest BCUT2D eigenvalue weighted by atomic mass is 16.2. The third kappa shape index (κ3) is 5.11. The van der Waals surface area contributed by atoms with Gasteiger partial charge in [-0.1, -0.05) is 32.9 Å². The third-order valence-electron chi connectivity index (χ3n) is 4.39. The fraction of sp³-hybridized carbons (Fsp3) is 0.579. The van der Waals surface area contributed by atoms with Crippen LogP contribution in [0.2, 0.25) is 0 Å². The number of urea groups is 1. The molecule has 6 heteroatoms. The van der Waals surface area contributed by atoms with Gasteiger partial charge in [-0.05, 0) is 17.7 Å². The first-order chi connectivity index (χ1) is 11.7. The molecule has 1 aliphatic rings. The fourth-order valence-corrected chi connectivity index (χ4v) is 2.79. The number of piperazine rings is 1. The predicted molar refractivity (Wildman–Crippen MR) is 101 cm³/mol. The lowest BCUT2D eigenvalue weighted by molar-refractivity contribution is -0.140. The predicted octanol–water partition coefficient (Wildman–Crippen LogP) is 2.15. The van der Waals surface area contributed by atoms with Gasteiger partial charge in [0.15, 0.2) is 0 Å². The van der Waals surface area contributed by atoms with Crippen LogP contribution in [0.25, 0.3) is 0 Å². The van der Waals surface area contributed by atoms with Crippen LogP contribution in [0.3, 0.4) is 0 Å². The van der Waals surface area contributed by atoms with Gasteiger partial charge in [-0.15, -0.1) is 0 Å². The van der Waals surface area contributed by atoms with Gasteiger partial charge in [0.1, 0.15) is 0 Å². The Bertz CT molecular complexity index is 597. The molecule has 2 rings (SSSR count). The van der Waals surface area contributed by atoms with Crippen LogP contribution in [0, 0.1) is 5.41 Å². The highest BCUT2D eigenvalue weighted by molar-refractivity contribution is 5.82. The first-order valence-electron chi connectivity index (χ1n) is 8.77. The van der Waals surface area contributed by atoms with Crippen molar-refractivity contribution in [1.82, 2.24) is 15.1 Å². The molecule has 6 nitrogen and oxygen atoms in total. The zero-order valence-corrected chi connectivity index (χ0v) is 16.0. The number of nitrogens with zero attached hydrogens (tertiary/aromatic N) is 3. The number of amides is 3. The molecular weight excluding hydrogens is 316 g/mol. The minimum Gasteiger partial charge on any atom is -0.378 e. The van der Waals surface area contributed by atoms with Gasteiger partial charge in [0.2, 0.25) is 5.91 Å². The second-order valence-corrected chi connectivity index (χ2v) is 7.75. The average Bonchev–Trinajstić information content (AvgIpc) is 2.58. The summed E-state index contributed by atoms with van der Waals surface area (Å²) in [5.74, 6) is 0.147. The Hall–Kier alpha value is -2.24. The highest BCUT2D eigenvalue weighted by Crippen LogP contribution is 2.18. The summed E-state index contributed by atoms with van der Waals surface area (Å²) in [5.41, 5.74) is 1.83. The van der Waals surface area contributed by atoms with Crippen LogP contribution in [0.1, 0.15) is 26.3 Å². The summed E-state index contributed by atoms with van der Waals surface area (Å²) in [5, 5.41) is 2.96. The van der Waals surface area contributed by atoms with E-state index >= 15 is 0 Å². The molecule has 0 unspecified atom stereocenters. The molecule has 3 amide bonds. The van der Waals surface area contributed by atoms with Gasteiger partial charge in [0.05, 0.1) is 0 Å². The lowest BCUT2D eigenvalue weighted by atomic mass is 9.94. The number of anilines is 1. The minimum atomic E-state index is -0.372. The van der Waals surface area contributed by atoms with Crippen molar-refractivity contribution in [3.05, 3.63) is 29.8 Å². The molecule has 1 aliphatic heterocycles. The molecular formula is C19H30N4O2. The standard InChI is InChI=1S/C19H30N4O2/c1-19(2,3)17(24)22-10-12-23(13-11-22)18(25)20-14-15-6-8-16(9-7-15)21(4)5/h6-9H,10-14H2,1-5H3,(H,20,25). The highest BCUT2D eigenvalue weighted by Gasteiger charge is 2.30. The quantitative estimate of drug-likeness (QED) is 0.912. The number of carbonyl (C=O) groups excluding carboxylic acids is 2. The summed E-state index contributed by atoms with van der Waals surface area (Å²) in [6, 6.07) is 8.06. The van der Waals surface area contributed by atoms with E-state index < -0.39 is 0 Å². The van der Waals surface area contributed by atoms with Gasteiger partial charge in [0, 0.05) is 57.9 Å². The van der Waals surface area contributed by atoms with Gasteiger partial charge < -0.3 is 20.0 Å². The van der Waals surface area contributed by atoms with E-state index in [9.17, 15) is 9.59 Å². The SMILES string of the molecule is CN(C)c1ccc(CNC(=O)N2CCN(C(=O)C(C)(C)C)CC2)cc1. The zero-order chi connectivity index (χ0) is 18.6. The normalized spacial score (nSPS) is 15.1. The van der Waals surface area contributed by atoms with Gasteiger partial charge in [-0.2, -0.15) is 0 Å². The summed E-state index contributed by atoms with van der Waals surface area (Å²) in [6.45, 7) is 8.64. The molecule has 1 N–H and O–H groups in total. The Kier molecular flexibility index (Phi) is 5.93. The Labute approximate surface area is 150 Å². The molecule has 1 aromatic rings. The maximum atomic E-state index is 12.3. The van der Waals surface area contributed by atoms with E-state index in [-0.39, 0.29) is 17.4 Å². The Morgan fingerprint density at radius 2 is 1.52 bits per heavy atom. The summed E-state index contributed by atoms with van der Waals surface area (Å²) < 4.78 is 0. The van der Waals surface area contributed by atoms with Crippen LogP contribution in [0.5, 0.6) is 0 Å². The van der Waals surface area contributed by atoms with E-state index in [1.165, 1.54) is 0 Å². The van der Waals surface area contributed by atoms with Crippen LogP contribution >= 0.6 is 0 Å². The molecule has 0 aromatic heterocycles. The maximum absolute atomic E-state index is 12.3. The van der Waals surface area contributed by atoms with Crippen LogP contribution in [-0.2, 0) is 11.3 Å². The molecule has 1 aromatic carbocycles. The van der Waals surface area contributed by atoms with Gasteiger partial charge in [0.25, 0.3) is 0 Å². The molecule has 1 saturated heterocycles. The molecule has 0 atom stereocenters. The van der Waals surface area contributed by atoms with Crippen molar-refractivity contribution in [3.63, 3.8) is 0 Å². The number of benzene rings is 1. The van der Waals surface area contributed by atoms with Crippen molar-refractivity contribution in [3.8, 4) is 0 Å².